The number of urea groups is 1. The van der Waals surface area contributed by atoms with Crippen LogP contribution in [0.25, 0.3) is 0 Å². The third-order valence-electron chi connectivity index (χ3n) is 4.29. The van der Waals surface area contributed by atoms with Gasteiger partial charge in [0.15, 0.2) is 0 Å². The summed E-state index contributed by atoms with van der Waals surface area (Å²) >= 11 is 1.56. The van der Waals surface area contributed by atoms with E-state index in [-0.39, 0.29) is 17.5 Å². The van der Waals surface area contributed by atoms with E-state index in [4.69, 9.17) is 4.74 Å². The molecule has 1 heterocycles. The Labute approximate surface area is 130 Å². The van der Waals surface area contributed by atoms with Crippen LogP contribution in [0, 0.1) is 5.41 Å². The summed E-state index contributed by atoms with van der Waals surface area (Å²) < 4.78 is 5.21. The summed E-state index contributed by atoms with van der Waals surface area (Å²) in [6.45, 7) is 3.44. The fraction of sp³-hybridized carbons (Fsp3) is 0.733. The number of nitrogens with zero attached hydrogens (tertiary/aromatic N) is 1. The quantitative estimate of drug-likeness (QED) is 0.813. The molecule has 1 fully saturated rings. The zero-order valence-corrected chi connectivity index (χ0v) is 13.7. The summed E-state index contributed by atoms with van der Waals surface area (Å²) in [5.74, 6) is 0. The average molecular weight is 311 g/mol. The topological polar surface area (TPSA) is 63.2 Å². The Bertz CT molecular complexity index is 430. The highest BCUT2D eigenvalue weighted by molar-refractivity contribution is 7.09. The number of thiazole rings is 1. The standard InChI is InChI=1S/C15H25N3O2S/c1-12(13-16-8-10-21-13)18-14(19)17-11-15(7-9-20-2)5-3-4-6-15/h8,10,12H,3-7,9,11H2,1-2H3,(H2,17,18,19). The summed E-state index contributed by atoms with van der Waals surface area (Å²) in [7, 11) is 1.73. The van der Waals surface area contributed by atoms with E-state index in [9.17, 15) is 4.79 Å². The van der Waals surface area contributed by atoms with Crippen molar-refractivity contribution in [3.63, 3.8) is 0 Å². The van der Waals surface area contributed by atoms with E-state index >= 15 is 0 Å². The first-order valence-electron chi connectivity index (χ1n) is 7.58. The predicted octanol–water partition coefficient (Wildman–Crippen LogP) is 3.10. The Kier molecular flexibility index (Phi) is 5.99. The first-order chi connectivity index (χ1) is 10.2. The maximum Gasteiger partial charge on any atom is 0.315 e. The van der Waals surface area contributed by atoms with Crippen molar-refractivity contribution in [3.05, 3.63) is 16.6 Å². The molecule has 5 nitrogen and oxygen atoms in total. The van der Waals surface area contributed by atoms with Gasteiger partial charge in [-0.05, 0) is 31.6 Å². The van der Waals surface area contributed by atoms with Crippen molar-refractivity contribution < 1.29 is 9.53 Å². The first kappa shape index (κ1) is 16.2. The molecule has 1 atom stereocenters. The lowest BCUT2D eigenvalue weighted by Gasteiger charge is -2.29. The lowest BCUT2D eigenvalue weighted by molar-refractivity contribution is 0.135. The zero-order chi connectivity index (χ0) is 15.1. The fourth-order valence-corrected chi connectivity index (χ4v) is 3.63. The highest BCUT2D eigenvalue weighted by Gasteiger charge is 2.33. The van der Waals surface area contributed by atoms with Gasteiger partial charge in [0.1, 0.15) is 5.01 Å². The highest BCUT2D eigenvalue weighted by atomic mass is 32.1. The van der Waals surface area contributed by atoms with E-state index < -0.39 is 0 Å². The van der Waals surface area contributed by atoms with E-state index in [0.29, 0.717) is 0 Å². The molecule has 6 heteroatoms. The molecule has 2 rings (SSSR count). The molecule has 2 N–H and O–H groups in total. The van der Waals surface area contributed by atoms with Gasteiger partial charge in [-0.3, -0.25) is 0 Å². The van der Waals surface area contributed by atoms with Crippen molar-refractivity contribution in [2.45, 2.75) is 45.1 Å². The Morgan fingerprint density at radius 2 is 2.29 bits per heavy atom. The van der Waals surface area contributed by atoms with Gasteiger partial charge in [-0.1, -0.05) is 12.8 Å². The third-order valence-corrected chi connectivity index (χ3v) is 5.25. The van der Waals surface area contributed by atoms with Gasteiger partial charge in [0.25, 0.3) is 0 Å². The summed E-state index contributed by atoms with van der Waals surface area (Å²) in [4.78, 5) is 16.3. The SMILES string of the molecule is COCCC1(CNC(=O)NC(C)c2nccs2)CCCC1. The number of hydrogen-bond acceptors (Lipinski definition) is 4. The van der Waals surface area contributed by atoms with Crippen LogP contribution in [0.1, 0.15) is 50.1 Å². The van der Waals surface area contributed by atoms with Gasteiger partial charge >= 0.3 is 6.03 Å². The van der Waals surface area contributed by atoms with E-state index in [1.807, 2.05) is 12.3 Å². The van der Waals surface area contributed by atoms with Crippen LogP contribution in [-0.2, 0) is 4.74 Å². The minimum Gasteiger partial charge on any atom is -0.385 e. The minimum absolute atomic E-state index is 0.0523. The number of aromatic nitrogens is 1. The molecule has 1 aliphatic rings. The van der Waals surface area contributed by atoms with Crippen molar-refractivity contribution in [2.24, 2.45) is 5.41 Å². The number of amides is 2. The number of nitrogens with one attached hydrogen (secondary N) is 2. The molecular formula is C15H25N3O2S. The second-order valence-electron chi connectivity index (χ2n) is 5.87. The molecule has 0 spiro atoms. The monoisotopic (exact) mass is 311 g/mol. The molecule has 118 valence electrons. The van der Waals surface area contributed by atoms with Gasteiger partial charge < -0.3 is 15.4 Å². The summed E-state index contributed by atoms with van der Waals surface area (Å²) in [6, 6.07) is -0.162. The number of rotatable bonds is 7. The van der Waals surface area contributed by atoms with Crippen LogP contribution < -0.4 is 10.6 Å². The van der Waals surface area contributed by atoms with Crippen molar-refractivity contribution >= 4 is 17.4 Å². The maximum absolute atomic E-state index is 12.0. The van der Waals surface area contributed by atoms with Gasteiger partial charge in [-0.25, -0.2) is 9.78 Å². The number of methoxy groups -OCH3 is 1. The van der Waals surface area contributed by atoms with Gasteiger partial charge in [0.2, 0.25) is 0 Å². The zero-order valence-electron chi connectivity index (χ0n) is 12.9. The number of carbonyl (C=O) groups is 1. The van der Waals surface area contributed by atoms with Crippen molar-refractivity contribution in [2.75, 3.05) is 20.3 Å². The van der Waals surface area contributed by atoms with Crippen LogP contribution in [-0.4, -0.2) is 31.3 Å². The third kappa shape index (κ3) is 4.68. The second kappa shape index (κ2) is 7.75. The van der Waals surface area contributed by atoms with E-state index in [0.717, 1.165) is 24.6 Å². The van der Waals surface area contributed by atoms with Crippen LogP contribution in [0.4, 0.5) is 4.79 Å². The maximum atomic E-state index is 12.0. The molecule has 2 amide bonds. The molecule has 0 bridgehead atoms. The number of ether oxygens (including phenoxy) is 1. The molecule has 1 unspecified atom stereocenters. The summed E-state index contributed by atoms with van der Waals surface area (Å²) in [6.07, 6.45) is 7.64. The molecule has 0 saturated heterocycles. The molecular weight excluding hydrogens is 286 g/mol. The normalized spacial score (nSPS) is 18.4. The van der Waals surface area contributed by atoms with Gasteiger partial charge in [-0.2, -0.15) is 0 Å². The van der Waals surface area contributed by atoms with Crippen molar-refractivity contribution in [1.29, 1.82) is 0 Å². The largest absolute Gasteiger partial charge is 0.385 e. The molecule has 1 aromatic heterocycles. The predicted molar refractivity (Wildman–Crippen MR) is 84.5 cm³/mol. The van der Waals surface area contributed by atoms with E-state index in [1.54, 1.807) is 24.6 Å². The summed E-state index contributed by atoms with van der Waals surface area (Å²) in [5.41, 5.74) is 0.220. The van der Waals surface area contributed by atoms with Crippen LogP contribution in [0.5, 0.6) is 0 Å². The first-order valence-corrected chi connectivity index (χ1v) is 8.46. The lowest BCUT2D eigenvalue weighted by atomic mass is 9.83. The second-order valence-corrected chi connectivity index (χ2v) is 6.80. The molecule has 0 aromatic carbocycles. The van der Waals surface area contributed by atoms with Gasteiger partial charge in [-0.15, -0.1) is 11.3 Å². The van der Waals surface area contributed by atoms with Crippen LogP contribution in [0.3, 0.4) is 0 Å². The average Bonchev–Trinajstić information content (AvgIpc) is 3.15. The molecule has 1 aliphatic carbocycles. The smallest absolute Gasteiger partial charge is 0.315 e. The van der Waals surface area contributed by atoms with Crippen LogP contribution in [0.15, 0.2) is 11.6 Å². The number of hydrogen-bond donors (Lipinski definition) is 2. The molecule has 1 saturated carbocycles. The molecule has 0 radical (unpaired) electrons. The van der Waals surface area contributed by atoms with E-state index in [1.165, 1.54) is 25.7 Å². The molecule has 21 heavy (non-hydrogen) atoms. The van der Waals surface area contributed by atoms with Crippen LogP contribution >= 0.6 is 11.3 Å². The fourth-order valence-electron chi connectivity index (χ4n) is 2.98. The Hall–Kier alpha value is -1.14. The minimum atomic E-state index is -0.110. The lowest BCUT2D eigenvalue weighted by Crippen LogP contribution is -2.43. The summed E-state index contributed by atoms with van der Waals surface area (Å²) in [5, 5.41) is 8.84. The van der Waals surface area contributed by atoms with Crippen LogP contribution in [0.2, 0.25) is 0 Å². The van der Waals surface area contributed by atoms with Gasteiger partial charge in [0, 0.05) is 31.8 Å². The van der Waals surface area contributed by atoms with Crippen molar-refractivity contribution in [1.82, 2.24) is 15.6 Å². The van der Waals surface area contributed by atoms with E-state index in [2.05, 4.69) is 15.6 Å². The molecule has 0 aliphatic heterocycles. The Morgan fingerprint density at radius 3 is 2.90 bits per heavy atom. The number of carbonyl (C=O) groups excluding carboxylic acids is 1. The van der Waals surface area contributed by atoms with Crippen molar-refractivity contribution in [3.8, 4) is 0 Å². The molecule has 1 aromatic rings. The Balaban J connectivity index is 1.79. The van der Waals surface area contributed by atoms with Gasteiger partial charge in [0.05, 0.1) is 6.04 Å². The highest BCUT2D eigenvalue weighted by Crippen LogP contribution is 2.40. The Morgan fingerprint density at radius 1 is 1.52 bits per heavy atom.